The molecule has 2 fully saturated rings. The van der Waals surface area contributed by atoms with E-state index in [-0.39, 0.29) is 22.5 Å². The minimum absolute atomic E-state index is 0.0716. The zero-order valence-electron chi connectivity index (χ0n) is 16.1. The van der Waals surface area contributed by atoms with Crippen molar-refractivity contribution >= 4 is 29.3 Å². The Morgan fingerprint density at radius 2 is 1.78 bits per heavy atom. The van der Waals surface area contributed by atoms with Crippen LogP contribution in [0.1, 0.15) is 58.3 Å². The third-order valence-electron chi connectivity index (χ3n) is 5.60. The summed E-state index contributed by atoms with van der Waals surface area (Å²) in [6, 6.07) is 6.15. The highest BCUT2D eigenvalue weighted by atomic mass is 32.2. The molecule has 3 rings (SSSR count). The zero-order chi connectivity index (χ0) is 19.3. The van der Waals surface area contributed by atoms with Crippen LogP contribution in [0.5, 0.6) is 0 Å². The average Bonchev–Trinajstić information content (AvgIpc) is 2.99. The largest absolute Gasteiger partial charge is 0.342 e. The summed E-state index contributed by atoms with van der Waals surface area (Å²) in [5.74, 6) is 0.459. The summed E-state index contributed by atoms with van der Waals surface area (Å²) >= 11 is 1.67. The molecule has 0 aromatic heterocycles. The van der Waals surface area contributed by atoms with Gasteiger partial charge in [0.1, 0.15) is 5.82 Å². The van der Waals surface area contributed by atoms with Crippen LogP contribution in [-0.2, 0) is 9.59 Å². The first kappa shape index (κ1) is 20.2. The molecule has 2 amide bonds. The fraction of sp³-hybridized carbons (Fsp3) is 0.619. The fourth-order valence-corrected chi connectivity index (χ4v) is 5.36. The molecule has 27 heavy (non-hydrogen) atoms. The molecule has 0 saturated carbocycles. The second kappa shape index (κ2) is 9.09. The highest BCUT2D eigenvalue weighted by molar-refractivity contribution is 8.02. The summed E-state index contributed by atoms with van der Waals surface area (Å²) in [4.78, 5) is 28.5. The lowest BCUT2D eigenvalue weighted by Gasteiger charge is -2.44. The molecule has 4 nitrogen and oxygen atoms in total. The molecular weight excluding hydrogens is 363 g/mol. The van der Waals surface area contributed by atoms with E-state index in [9.17, 15) is 14.0 Å². The van der Waals surface area contributed by atoms with E-state index >= 15 is 0 Å². The van der Waals surface area contributed by atoms with E-state index in [1.165, 1.54) is 31.4 Å². The molecular formula is C21H29FN2O2S. The number of unbranched alkanes of at least 4 members (excludes halogenated alkanes) is 4. The Balaban J connectivity index is 1.57. The number of benzene rings is 1. The van der Waals surface area contributed by atoms with Gasteiger partial charge in [0.25, 0.3) is 0 Å². The predicted octanol–water partition coefficient (Wildman–Crippen LogP) is 4.58. The van der Waals surface area contributed by atoms with Crippen LogP contribution in [0.3, 0.4) is 0 Å². The molecule has 2 aliphatic rings. The number of likely N-dealkylation sites (tertiary alicyclic amines) is 1. The van der Waals surface area contributed by atoms with Gasteiger partial charge in [0.2, 0.25) is 11.8 Å². The smallest absolute Gasteiger partial charge is 0.238 e. The number of hydrogen-bond donors (Lipinski definition) is 0. The molecule has 0 unspecified atom stereocenters. The number of anilines is 1. The molecule has 1 spiro atoms. The monoisotopic (exact) mass is 392 g/mol. The Morgan fingerprint density at radius 1 is 1.11 bits per heavy atom. The Hall–Kier alpha value is -1.56. The van der Waals surface area contributed by atoms with Gasteiger partial charge in [-0.15, -0.1) is 11.8 Å². The molecule has 6 heteroatoms. The van der Waals surface area contributed by atoms with E-state index in [0.29, 0.717) is 25.3 Å². The standard InChI is InChI=1S/C21H29FN2O2S/c1-2-3-4-5-6-7-19(25)23-14-12-21(13-15-23)24(20(26)16-27-21)18-10-8-17(22)9-11-18/h8-11H,2-7,12-16H2,1H3. The van der Waals surface area contributed by atoms with E-state index in [0.717, 1.165) is 31.4 Å². The van der Waals surface area contributed by atoms with Crippen LogP contribution in [0.4, 0.5) is 10.1 Å². The minimum atomic E-state index is -0.300. The number of rotatable bonds is 7. The topological polar surface area (TPSA) is 40.6 Å². The highest BCUT2D eigenvalue weighted by Gasteiger charge is 2.49. The third-order valence-corrected chi connectivity index (χ3v) is 7.12. The molecule has 1 aromatic carbocycles. The van der Waals surface area contributed by atoms with E-state index < -0.39 is 0 Å². The summed E-state index contributed by atoms with van der Waals surface area (Å²) < 4.78 is 13.3. The molecule has 0 N–H and O–H groups in total. The van der Waals surface area contributed by atoms with Gasteiger partial charge >= 0.3 is 0 Å². The molecule has 0 atom stereocenters. The Kier molecular flexibility index (Phi) is 6.79. The van der Waals surface area contributed by atoms with Gasteiger partial charge in [-0.3, -0.25) is 14.5 Å². The van der Waals surface area contributed by atoms with Crippen LogP contribution in [0, 0.1) is 5.82 Å². The van der Waals surface area contributed by atoms with Crippen molar-refractivity contribution in [2.75, 3.05) is 23.7 Å². The Bertz CT molecular complexity index is 657. The number of carbonyl (C=O) groups excluding carboxylic acids is 2. The lowest BCUT2D eigenvalue weighted by Crippen LogP contribution is -2.53. The van der Waals surface area contributed by atoms with Gasteiger partial charge < -0.3 is 4.90 Å². The summed E-state index contributed by atoms with van der Waals surface area (Å²) in [5, 5.41) is 0. The summed E-state index contributed by atoms with van der Waals surface area (Å²) in [6.45, 7) is 3.56. The van der Waals surface area contributed by atoms with Gasteiger partial charge in [-0.2, -0.15) is 0 Å². The lowest BCUT2D eigenvalue weighted by atomic mass is 10.0. The number of amides is 2. The van der Waals surface area contributed by atoms with Crippen molar-refractivity contribution in [1.29, 1.82) is 0 Å². The second-order valence-electron chi connectivity index (χ2n) is 7.49. The highest BCUT2D eigenvalue weighted by Crippen LogP contribution is 2.46. The number of thioether (sulfide) groups is 1. The lowest BCUT2D eigenvalue weighted by molar-refractivity contribution is -0.132. The zero-order valence-corrected chi connectivity index (χ0v) is 16.9. The van der Waals surface area contributed by atoms with E-state index in [4.69, 9.17) is 0 Å². The van der Waals surface area contributed by atoms with Gasteiger partial charge in [0, 0.05) is 25.2 Å². The third kappa shape index (κ3) is 4.65. The normalized spacial score (nSPS) is 19.1. The Morgan fingerprint density at radius 3 is 2.44 bits per heavy atom. The minimum Gasteiger partial charge on any atom is -0.342 e. The number of piperidine rings is 1. The number of carbonyl (C=O) groups is 2. The molecule has 0 bridgehead atoms. The maximum atomic E-state index is 13.3. The maximum absolute atomic E-state index is 13.3. The van der Waals surface area contributed by atoms with E-state index in [2.05, 4.69) is 6.92 Å². The fourth-order valence-electron chi connectivity index (χ4n) is 4.03. The van der Waals surface area contributed by atoms with Gasteiger partial charge in [-0.25, -0.2) is 4.39 Å². The van der Waals surface area contributed by atoms with Crippen molar-refractivity contribution in [2.24, 2.45) is 0 Å². The van der Waals surface area contributed by atoms with Crippen molar-refractivity contribution in [3.8, 4) is 0 Å². The van der Waals surface area contributed by atoms with Gasteiger partial charge in [-0.1, -0.05) is 32.6 Å². The van der Waals surface area contributed by atoms with Crippen molar-refractivity contribution in [3.05, 3.63) is 30.1 Å². The summed E-state index contributed by atoms with van der Waals surface area (Å²) in [7, 11) is 0. The quantitative estimate of drug-likeness (QED) is 0.638. The molecule has 148 valence electrons. The van der Waals surface area contributed by atoms with Crippen LogP contribution in [0.15, 0.2) is 24.3 Å². The molecule has 2 heterocycles. The van der Waals surface area contributed by atoms with Crippen LogP contribution in [-0.4, -0.2) is 40.4 Å². The molecule has 2 aliphatic heterocycles. The van der Waals surface area contributed by atoms with Crippen molar-refractivity contribution in [3.63, 3.8) is 0 Å². The molecule has 0 aliphatic carbocycles. The van der Waals surface area contributed by atoms with Crippen molar-refractivity contribution < 1.29 is 14.0 Å². The summed E-state index contributed by atoms with van der Waals surface area (Å²) in [5.41, 5.74) is 0.752. The van der Waals surface area contributed by atoms with E-state index in [1.54, 1.807) is 23.9 Å². The first-order chi connectivity index (χ1) is 13.1. The van der Waals surface area contributed by atoms with Crippen LogP contribution < -0.4 is 4.90 Å². The maximum Gasteiger partial charge on any atom is 0.238 e. The first-order valence-corrected chi connectivity index (χ1v) is 11.0. The van der Waals surface area contributed by atoms with Crippen molar-refractivity contribution in [2.45, 2.75) is 63.2 Å². The SMILES string of the molecule is CCCCCCCC(=O)N1CCC2(CC1)SCC(=O)N2c1ccc(F)cc1. The first-order valence-electron chi connectivity index (χ1n) is 10.1. The van der Waals surface area contributed by atoms with E-state index in [1.807, 2.05) is 9.80 Å². The molecule has 2 saturated heterocycles. The second-order valence-corrected chi connectivity index (χ2v) is 8.82. The van der Waals surface area contributed by atoms with Crippen LogP contribution >= 0.6 is 11.8 Å². The average molecular weight is 393 g/mol. The number of halogens is 1. The number of hydrogen-bond acceptors (Lipinski definition) is 3. The number of nitrogens with zero attached hydrogens (tertiary/aromatic N) is 2. The predicted molar refractivity (Wildman–Crippen MR) is 108 cm³/mol. The van der Waals surface area contributed by atoms with Crippen molar-refractivity contribution in [1.82, 2.24) is 4.90 Å². The Labute approximate surface area is 165 Å². The van der Waals surface area contributed by atoms with Gasteiger partial charge in [0.15, 0.2) is 0 Å². The van der Waals surface area contributed by atoms with Gasteiger partial charge in [0.05, 0.1) is 10.6 Å². The molecule has 0 radical (unpaired) electrons. The van der Waals surface area contributed by atoms with Crippen LogP contribution in [0.2, 0.25) is 0 Å². The van der Waals surface area contributed by atoms with Crippen LogP contribution in [0.25, 0.3) is 0 Å². The molecule has 1 aromatic rings. The summed E-state index contributed by atoms with van der Waals surface area (Å²) in [6.07, 6.45) is 7.91. The van der Waals surface area contributed by atoms with Gasteiger partial charge in [-0.05, 0) is 43.5 Å².